The fourth-order valence-corrected chi connectivity index (χ4v) is 2.58. The van der Waals surface area contributed by atoms with Crippen molar-refractivity contribution in [2.24, 2.45) is 0 Å². The van der Waals surface area contributed by atoms with Gasteiger partial charge in [0.25, 0.3) is 0 Å². The summed E-state index contributed by atoms with van der Waals surface area (Å²) in [7, 11) is 0. The molecular weight excluding hydrogens is 334 g/mol. The molecule has 2 N–H and O–H groups in total. The zero-order valence-corrected chi connectivity index (χ0v) is 13.5. The van der Waals surface area contributed by atoms with E-state index >= 15 is 0 Å². The van der Waals surface area contributed by atoms with Crippen molar-refractivity contribution < 1.29 is 19.7 Å². The molecule has 0 saturated heterocycles. The number of aromatic hydroxyl groups is 2. The van der Waals surface area contributed by atoms with Crippen LogP contribution in [-0.2, 0) is 11.2 Å². The number of fused-ring (bicyclic) bond motifs is 1. The van der Waals surface area contributed by atoms with Crippen LogP contribution in [0.25, 0.3) is 5.65 Å². The number of halogens is 1. The number of carbonyl (C=O) groups excluding carboxylic acids is 1. The van der Waals surface area contributed by atoms with Crippen LogP contribution in [0.3, 0.4) is 0 Å². The number of hydrogen-bond acceptors (Lipinski definition) is 6. The molecule has 8 heteroatoms. The number of hydrogen-bond donors (Lipinski definition) is 2. The lowest BCUT2D eigenvalue weighted by molar-refractivity contribution is 0.0528. The summed E-state index contributed by atoms with van der Waals surface area (Å²) in [5.74, 6) is -1.31. The highest BCUT2D eigenvalue weighted by Crippen LogP contribution is 2.30. The maximum atomic E-state index is 11.9. The SMILES string of the molecule is CCOC(=O)c1cnn2c(O)c(Cc3cccc(Cl)c3)c(O)nc12. The predicted octanol–water partition coefficient (Wildman–Crippen LogP) is 2.56. The molecule has 2 heterocycles. The van der Waals surface area contributed by atoms with Crippen molar-refractivity contribution in [3.05, 3.63) is 52.2 Å². The third-order valence-electron chi connectivity index (χ3n) is 3.46. The Labute approximate surface area is 142 Å². The summed E-state index contributed by atoms with van der Waals surface area (Å²) in [5.41, 5.74) is 1.06. The van der Waals surface area contributed by atoms with Crippen molar-refractivity contribution in [3.8, 4) is 11.8 Å². The summed E-state index contributed by atoms with van der Waals surface area (Å²) in [5, 5.41) is 25.1. The maximum absolute atomic E-state index is 11.9. The highest BCUT2D eigenvalue weighted by Gasteiger charge is 2.21. The largest absolute Gasteiger partial charge is 0.493 e. The Morgan fingerprint density at radius 3 is 2.88 bits per heavy atom. The van der Waals surface area contributed by atoms with Crippen LogP contribution in [0.15, 0.2) is 30.5 Å². The predicted molar refractivity (Wildman–Crippen MR) is 86.5 cm³/mol. The van der Waals surface area contributed by atoms with E-state index in [-0.39, 0.29) is 41.6 Å². The highest BCUT2D eigenvalue weighted by atomic mass is 35.5. The van der Waals surface area contributed by atoms with Gasteiger partial charge in [-0.05, 0) is 24.6 Å². The van der Waals surface area contributed by atoms with Gasteiger partial charge in [-0.25, -0.2) is 4.79 Å². The number of aromatic nitrogens is 3. The molecule has 0 aliphatic heterocycles. The minimum atomic E-state index is -0.624. The maximum Gasteiger partial charge on any atom is 0.343 e. The first-order chi connectivity index (χ1) is 11.5. The average Bonchev–Trinajstić information content (AvgIpc) is 2.95. The van der Waals surface area contributed by atoms with Crippen LogP contribution in [-0.4, -0.2) is 37.4 Å². The molecule has 0 radical (unpaired) electrons. The number of nitrogens with zero attached hydrogens (tertiary/aromatic N) is 3. The van der Waals surface area contributed by atoms with E-state index < -0.39 is 5.97 Å². The van der Waals surface area contributed by atoms with E-state index in [1.807, 2.05) is 6.07 Å². The molecular formula is C16H14ClN3O4. The van der Waals surface area contributed by atoms with Gasteiger partial charge in [0.15, 0.2) is 5.65 Å². The molecule has 0 amide bonds. The van der Waals surface area contributed by atoms with Crippen molar-refractivity contribution in [1.82, 2.24) is 14.6 Å². The first kappa shape index (κ1) is 16.1. The standard InChI is InChI=1S/C16H14ClN3O4/c1-2-24-16(23)12-8-18-20-13(12)19-14(21)11(15(20)22)7-9-4-3-5-10(17)6-9/h3-6,8,22H,2,7H2,1H3,(H,19,21). The second kappa shape index (κ2) is 6.37. The summed E-state index contributed by atoms with van der Waals surface area (Å²) in [6.45, 7) is 1.87. The van der Waals surface area contributed by atoms with Gasteiger partial charge in [0.05, 0.1) is 18.4 Å². The Morgan fingerprint density at radius 2 is 2.17 bits per heavy atom. The Bertz CT molecular complexity index is 923. The molecule has 3 aromatic rings. The minimum absolute atomic E-state index is 0.0262. The zero-order chi connectivity index (χ0) is 17.3. The van der Waals surface area contributed by atoms with Crippen LogP contribution >= 0.6 is 11.6 Å². The lowest BCUT2D eigenvalue weighted by Gasteiger charge is -2.09. The molecule has 0 unspecified atom stereocenters. The number of rotatable bonds is 4. The minimum Gasteiger partial charge on any atom is -0.493 e. The van der Waals surface area contributed by atoms with Gasteiger partial charge in [0.2, 0.25) is 11.8 Å². The fraction of sp³-hybridized carbons (Fsp3) is 0.188. The van der Waals surface area contributed by atoms with E-state index in [0.29, 0.717) is 5.02 Å². The molecule has 0 aliphatic carbocycles. The summed E-state index contributed by atoms with van der Waals surface area (Å²) >= 11 is 5.94. The average molecular weight is 348 g/mol. The second-order valence-electron chi connectivity index (χ2n) is 5.06. The van der Waals surface area contributed by atoms with Crippen molar-refractivity contribution >= 4 is 23.2 Å². The molecule has 0 aliphatic rings. The zero-order valence-electron chi connectivity index (χ0n) is 12.7. The molecule has 7 nitrogen and oxygen atoms in total. The summed E-state index contributed by atoms with van der Waals surface area (Å²) in [4.78, 5) is 15.8. The second-order valence-corrected chi connectivity index (χ2v) is 5.49. The molecule has 0 saturated carbocycles. The van der Waals surface area contributed by atoms with Crippen molar-refractivity contribution in [2.45, 2.75) is 13.3 Å². The lowest BCUT2D eigenvalue weighted by Crippen LogP contribution is -2.06. The molecule has 0 spiro atoms. The van der Waals surface area contributed by atoms with E-state index in [9.17, 15) is 15.0 Å². The molecule has 1 aromatic carbocycles. The van der Waals surface area contributed by atoms with Gasteiger partial charge in [-0.3, -0.25) is 0 Å². The Kier molecular flexibility index (Phi) is 4.26. The molecule has 0 fully saturated rings. The van der Waals surface area contributed by atoms with Crippen LogP contribution < -0.4 is 0 Å². The van der Waals surface area contributed by atoms with Gasteiger partial charge >= 0.3 is 5.97 Å². The third kappa shape index (κ3) is 2.85. The van der Waals surface area contributed by atoms with Gasteiger partial charge in [-0.2, -0.15) is 14.6 Å². The molecule has 124 valence electrons. The molecule has 24 heavy (non-hydrogen) atoms. The molecule has 3 rings (SSSR count). The number of benzene rings is 1. The molecule has 2 aromatic heterocycles. The molecule has 0 bridgehead atoms. The Hall–Kier alpha value is -2.80. The first-order valence-corrected chi connectivity index (χ1v) is 7.59. The number of carbonyl (C=O) groups is 1. The van der Waals surface area contributed by atoms with Crippen LogP contribution in [0, 0.1) is 0 Å². The van der Waals surface area contributed by atoms with Gasteiger partial charge in [-0.15, -0.1) is 0 Å². The highest BCUT2D eigenvalue weighted by molar-refractivity contribution is 6.30. The van der Waals surface area contributed by atoms with Gasteiger partial charge in [0.1, 0.15) is 5.56 Å². The first-order valence-electron chi connectivity index (χ1n) is 7.21. The summed E-state index contributed by atoms with van der Waals surface area (Å²) in [6.07, 6.45) is 1.44. The van der Waals surface area contributed by atoms with E-state index in [0.717, 1.165) is 10.1 Å². The van der Waals surface area contributed by atoms with Crippen LogP contribution in [0.2, 0.25) is 5.02 Å². The lowest BCUT2D eigenvalue weighted by atomic mass is 10.1. The van der Waals surface area contributed by atoms with Crippen molar-refractivity contribution in [1.29, 1.82) is 0 Å². The third-order valence-corrected chi connectivity index (χ3v) is 3.70. The quantitative estimate of drug-likeness (QED) is 0.704. The van der Waals surface area contributed by atoms with Crippen molar-refractivity contribution in [2.75, 3.05) is 6.61 Å². The normalized spacial score (nSPS) is 10.9. The van der Waals surface area contributed by atoms with Crippen molar-refractivity contribution in [3.63, 3.8) is 0 Å². The Morgan fingerprint density at radius 1 is 1.38 bits per heavy atom. The monoisotopic (exact) mass is 347 g/mol. The van der Waals surface area contributed by atoms with Gasteiger partial charge in [0, 0.05) is 11.4 Å². The van der Waals surface area contributed by atoms with E-state index in [1.54, 1.807) is 25.1 Å². The fourth-order valence-electron chi connectivity index (χ4n) is 2.36. The van der Waals surface area contributed by atoms with Gasteiger partial charge < -0.3 is 14.9 Å². The van der Waals surface area contributed by atoms with Crippen LogP contribution in [0.5, 0.6) is 11.8 Å². The molecule has 0 atom stereocenters. The smallest absolute Gasteiger partial charge is 0.343 e. The van der Waals surface area contributed by atoms with E-state index in [4.69, 9.17) is 16.3 Å². The summed E-state index contributed by atoms with van der Waals surface area (Å²) in [6, 6.07) is 7.02. The van der Waals surface area contributed by atoms with Crippen LogP contribution in [0.1, 0.15) is 28.4 Å². The van der Waals surface area contributed by atoms with Crippen LogP contribution in [0.4, 0.5) is 0 Å². The summed E-state index contributed by atoms with van der Waals surface area (Å²) < 4.78 is 5.99. The Balaban J connectivity index is 2.06. The van der Waals surface area contributed by atoms with Gasteiger partial charge in [-0.1, -0.05) is 23.7 Å². The van der Waals surface area contributed by atoms with E-state index in [1.165, 1.54) is 6.20 Å². The number of ether oxygens (including phenoxy) is 1. The topological polar surface area (TPSA) is 97.0 Å². The van der Waals surface area contributed by atoms with E-state index in [2.05, 4.69) is 10.1 Å². The number of esters is 1.